The third kappa shape index (κ3) is 2.85. The van der Waals surface area contributed by atoms with E-state index in [0.29, 0.717) is 24.5 Å². The van der Waals surface area contributed by atoms with E-state index in [1.165, 1.54) is 0 Å². The Labute approximate surface area is 118 Å². The topological polar surface area (TPSA) is 60.2 Å². The van der Waals surface area contributed by atoms with E-state index in [2.05, 4.69) is 20.0 Å². The van der Waals surface area contributed by atoms with Crippen LogP contribution in [-0.2, 0) is 12.7 Å². The van der Waals surface area contributed by atoms with Crippen molar-refractivity contribution in [3.63, 3.8) is 0 Å². The van der Waals surface area contributed by atoms with Crippen LogP contribution in [0.5, 0.6) is 5.75 Å². The Morgan fingerprint density at radius 1 is 1.33 bits per heavy atom. The van der Waals surface area contributed by atoms with Gasteiger partial charge in [-0.05, 0) is 13.0 Å². The minimum absolute atomic E-state index is 0.112. The summed E-state index contributed by atoms with van der Waals surface area (Å²) in [6, 6.07) is 5.24. The van der Waals surface area contributed by atoms with E-state index in [1.54, 1.807) is 18.2 Å². The lowest BCUT2D eigenvalue weighted by Crippen LogP contribution is -2.28. The van der Waals surface area contributed by atoms with Gasteiger partial charge in [-0.15, -0.1) is 0 Å². The van der Waals surface area contributed by atoms with Crippen molar-refractivity contribution in [2.75, 3.05) is 6.61 Å². The lowest BCUT2D eigenvalue weighted by atomic mass is 10.1. The van der Waals surface area contributed by atoms with Crippen molar-refractivity contribution in [3.05, 3.63) is 29.7 Å². The van der Waals surface area contributed by atoms with Gasteiger partial charge in [-0.2, -0.15) is 18.2 Å². The zero-order chi connectivity index (χ0) is 15.0. The first kappa shape index (κ1) is 13.9. The second-order valence-corrected chi connectivity index (χ2v) is 4.84. The predicted octanol–water partition coefficient (Wildman–Crippen LogP) is 2.63. The molecular formula is C13H12F3N3O2. The van der Waals surface area contributed by atoms with Crippen molar-refractivity contribution < 1.29 is 22.4 Å². The van der Waals surface area contributed by atoms with E-state index in [-0.39, 0.29) is 11.9 Å². The molecule has 5 nitrogen and oxygen atoms in total. The number of hydrogen-bond donors (Lipinski definition) is 1. The van der Waals surface area contributed by atoms with Crippen LogP contribution >= 0.6 is 0 Å². The summed E-state index contributed by atoms with van der Waals surface area (Å²) < 4.78 is 47.2. The molecule has 112 valence electrons. The highest BCUT2D eigenvalue weighted by Gasteiger charge is 2.38. The molecule has 0 fully saturated rings. The number of rotatable bonds is 1. The maximum absolute atomic E-state index is 12.5. The summed E-state index contributed by atoms with van der Waals surface area (Å²) in [5.41, 5.74) is 1.35. The molecule has 1 aliphatic heterocycles. The van der Waals surface area contributed by atoms with Gasteiger partial charge in [0.1, 0.15) is 12.4 Å². The molecule has 0 saturated heterocycles. The van der Waals surface area contributed by atoms with E-state index >= 15 is 0 Å². The molecule has 1 N–H and O–H groups in total. The molecule has 2 aromatic rings. The average molecular weight is 299 g/mol. The van der Waals surface area contributed by atoms with Gasteiger partial charge in [-0.3, -0.25) is 0 Å². The van der Waals surface area contributed by atoms with Crippen molar-refractivity contribution in [2.45, 2.75) is 25.7 Å². The van der Waals surface area contributed by atoms with Crippen LogP contribution in [0.3, 0.4) is 0 Å². The molecule has 0 unspecified atom stereocenters. The number of ether oxygens (including phenoxy) is 1. The van der Waals surface area contributed by atoms with Gasteiger partial charge in [0.25, 0.3) is 0 Å². The fourth-order valence-corrected chi connectivity index (χ4v) is 1.99. The van der Waals surface area contributed by atoms with Gasteiger partial charge in [-0.1, -0.05) is 17.3 Å². The van der Waals surface area contributed by atoms with Gasteiger partial charge in [0, 0.05) is 23.7 Å². The van der Waals surface area contributed by atoms with Crippen LogP contribution in [-0.4, -0.2) is 22.8 Å². The number of fused-ring (bicyclic) bond motifs is 1. The van der Waals surface area contributed by atoms with E-state index in [0.717, 1.165) is 5.56 Å². The van der Waals surface area contributed by atoms with Crippen molar-refractivity contribution in [1.82, 2.24) is 15.5 Å². The lowest BCUT2D eigenvalue weighted by molar-refractivity contribution is -0.159. The Kier molecular flexibility index (Phi) is 3.32. The lowest BCUT2D eigenvalue weighted by Gasteiger charge is -2.08. The largest absolute Gasteiger partial charge is 0.492 e. The molecule has 0 aliphatic carbocycles. The number of halogens is 3. The van der Waals surface area contributed by atoms with Crippen LogP contribution in [0.15, 0.2) is 22.7 Å². The Balaban J connectivity index is 1.92. The molecule has 0 amide bonds. The fraction of sp³-hybridized carbons (Fsp3) is 0.385. The number of nitrogens with zero attached hydrogens (tertiary/aromatic N) is 2. The Bertz CT molecular complexity index is 654. The Morgan fingerprint density at radius 3 is 2.86 bits per heavy atom. The van der Waals surface area contributed by atoms with Crippen LogP contribution < -0.4 is 10.1 Å². The molecule has 0 saturated carbocycles. The van der Waals surface area contributed by atoms with Gasteiger partial charge in [-0.25, -0.2) is 0 Å². The summed E-state index contributed by atoms with van der Waals surface area (Å²) in [5, 5.41) is 6.62. The maximum atomic E-state index is 12.5. The Hall–Kier alpha value is -2.09. The molecule has 0 spiro atoms. The summed E-state index contributed by atoms with van der Waals surface area (Å²) in [6.45, 7) is 3.11. The minimum atomic E-state index is -4.65. The van der Waals surface area contributed by atoms with Crippen LogP contribution in [0.2, 0.25) is 0 Å². The molecule has 0 bridgehead atoms. The van der Waals surface area contributed by atoms with E-state index in [4.69, 9.17) is 4.74 Å². The first-order valence-corrected chi connectivity index (χ1v) is 6.34. The molecule has 8 heteroatoms. The summed E-state index contributed by atoms with van der Waals surface area (Å²) >= 11 is 0. The molecule has 1 aromatic carbocycles. The number of hydrogen-bond acceptors (Lipinski definition) is 5. The van der Waals surface area contributed by atoms with Gasteiger partial charge >= 0.3 is 12.1 Å². The van der Waals surface area contributed by atoms with Crippen LogP contribution in [0.25, 0.3) is 11.4 Å². The van der Waals surface area contributed by atoms with Gasteiger partial charge < -0.3 is 14.6 Å². The summed E-state index contributed by atoms with van der Waals surface area (Å²) in [6.07, 6.45) is -4.65. The molecule has 0 radical (unpaired) electrons. The molecule has 1 aromatic heterocycles. The van der Waals surface area contributed by atoms with Crippen LogP contribution in [0.1, 0.15) is 18.4 Å². The monoisotopic (exact) mass is 299 g/mol. The summed E-state index contributed by atoms with van der Waals surface area (Å²) in [4.78, 5) is 3.37. The standard InChI is InChI=1S/C13H12F3N3O2/c1-7-6-20-10-4-8(2-3-9(10)5-17-7)11-18-12(21-19-11)13(14,15)16/h2-4,7,17H,5-6H2,1H3/t7-/m0/s1. The zero-order valence-electron chi connectivity index (χ0n) is 11.1. The van der Waals surface area contributed by atoms with E-state index in [1.807, 2.05) is 6.92 Å². The normalized spacial score (nSPS) is 18.8. The third-order valence-corrected chi connectivity index (χ3v) is 3.12. The fourth-order valence-electron chi connectivity index (χ4n) is 1.99. The second-order valence-electron chi connectivity index (χ2n) is 4.84. The molecule has 1 atom stereocenters. The summed E-state index contributed by atoms with van der Waals surface area (Å²) in [5.74, 6) is -0.856. The van der Waals surface area contributed by atoms with Gasteiger partial charge in [0.2, 0.25) is 5.82 Å². The van der Waals surface area contributed by atoms with Gasteiger partial charge in [0.15, 0.2) is 0 Å². The average Bonchev–Trinajstić information content (AvgIpc) is 2.86. The third-order valence-electron chi connectivity index (χ3n) is 3.12. The summed E-state index contributed by atoms with van der Waals surface area (Å²) in [7, 11) is 0. The van der Waals surface area contributed by atoms with Crippen molar-refractivity contribution >= 4 is 0 Å². The molecule has 3 rings (SSSR count). The highest BCUT2D eigenvalue weighted by molar-refractivity contribution is 5.59. The molecule has 1 aliphatic rings. The predicted molar refractivity (Wildman–Crippen MR) is 66.5 cm³/mol. The van der Waals surface area contributed by atoms with Crippen molar-refractivity contribution in [3.8, 4) is 17.1 Å². The quantitative estimate of drug-likeness (QED) is 0.877. The molecule has 21 heavy (non-hydrogen) atoms. The van der Waals surface area contributed by atoms with Gasteiger partial charge in [0.05, 0.1) is 0 Å². The highest BCUT2D eigenvalue weighted by Crippen LogP contribution is 2.31. The second kappa shape index (κ2) is 5.03. The first-order valence-electron chi connectivity index (χ1n) is 6.34. The van der Waals surface area contributed by atoms with Crippen molar-refractivity contribution in [2.24, 2.45) is 0 Å². The number of alkyl halides is 3. The molecular weight excluding hydrogens is 287 g/mol. The molecule has 2 heterocycles. The number of aromatic nitrogens is 2. The van der Waals surface area contributed by atoms with Crippen molar-refractivity contribution in [1.29, 1.82) is 0 Å². The minimum Gasteiger partial charge on any atom is -0.492 e. The van der Waals surface area contributed by atoms with E-state index < -0.39 is 12.1 Å². The highest BCUT2D eigenvalue weighted by atomic mass is 19.4. The number of nitrogens with one attached hydrogen (secondary N) is 1. The SMILES string of the molecule is C[C@H]1COc2cc(-c3noc(C(F)(F)F)n3)ccc2CN1. The van der Waals surface area contributed by atoms with E-state index in [9.17, 15) is 13.2 Å². The maximum Gasteiger partial charge on any atom is 0.471 e. The zero-order valence-corrected chi connectivity index (χ0v) is 11.1. The van der Waals surface area contributed by atoms with Crippen LogP contribution in [0.4, 0.5) is 13.2 Å². The Morgan fingerprint density at radius 2 is 2.14 bits per heavy atom. The van der Waals surface area contributed by atoms with Crippen LogP contribution in [0, 0.1) is 0 Å². The number of benzene rings is 1. The first-order chi connectivity index (χ1) is 9.93. The smallest absolute Gasteiger partial charge is 0.471 e.